The van der Waals surface area contributed by atoms with Gasteiger partial charge in [-0.1, -0.05) is 18.2 Å². The highest BCUT2D eigenvalue weighted by molar-refractivity contribution is 5.35. The molecular formula is C17H20FNO2. The average Bonchev–Trinajstić information content (AvgIpc) is 2.48. The van der Waals surface area contributed by atoms with Crippen molar-refractivity contribution >= 4 is 0 Å². The van der Waals surface area contributed by atoms with Crippen molar-refractivity contribution in [1.82, 2.24) is 0 Å². The second-order valence-electron chi connectivity index (χ2n) is 5.06. The van der Waals surface area contributed by atoms with Crippen molar-refractivity contribution in [2.24, 2.45) is 5.73 Å². The topological polar surface area (TPSA) is 55.5 Å². The van der Waals surface area contributed by atoms with E-state index in [9.17, 15) is 9.50 Å². The van der Waals surface area contributed by atoms with Crippen LogP contribution in [-0.4, -0.2) is 18.8 Å². The van der Waals surface area contributed by atoms with Crippen LogP contribution >= 0.6 is 0 Å². The van der Waals surface area contributed by atoms with Crippen molar-refractivity contribution < 1.29 is 14.2 Å². The van der Waals surface area contributed by atoms with Crippen LogP contribution in [0.25, 0.3) is 0 Å². The smallest absolute Gasteiger partial charge is 0.123 e. The molecule has 2 atom stereocenters. The molecule has 0 fully saturated rings. The van der Waals surface area contributed by atoms with E-state index in [0.29, 0.717) is 12.1 Å². The van der Waals surface area contributed by atoms with E-state index in [2.05, 4.69) is 0 Å². The first kappa shape index (κ1) is 15.5. The summed E-state index contributed by atoms with van der Waals surface area (Å²) in [5.74, 6) is 0.194. The molecule has 0 aliphatic rings. The van der Waals surface area contributed by atoms with Gasteiger partial charge in [0.05, 0.1) is 13.2 Å². The predicted octanol–water partition coefficient (Wildman–Crippen LogP) is 2.92. The highest BCUT2D eigenvalue weighted by Crippen LogP contribution is 2.32. The Morgan fingerprint density at radius 1 is 1.19 bits per heavy atom. The molecule has 0 aliphatic carbocycles. The standard InChI is InChI=1S/C17H20FNO2/c1-11-9-13(18)5-8-15(11)17(20)16(10-19)12-3-6-14(21-2)7-4-12/h3-9,16-17,20H,10,19H2,1-2H3. The van der Waals surface area contributed by atoms with E-state index in [-0.39, 0.29) is 11.7 Å². The lowest BCUT2D eigenvalue weighted by atomic mass is 9.87. The van der Waals surface area contributed by atoms with Gasteiger partial charge in [0, 0.05) is 12.5 Å². The summed E-state index contributed by atoms with van der Waals surface area (Å²) in [7, 11) is 1.60. The van der Waals surface area contributed by atoms with Crippen LogP contribution in [0, 0.1) is 12.7 Å². The molecule has 21 heavy (non-hydrogen) atoms. The molecule has 0 aromatic heterocycles. The third kappa shape index (κ3) is 3.40. The monoisotopic (exact) mass is 289 g/mol. The van der Waals surface area contributed by atoms with Crippen LogP contribution in [0.2, 0.25) is 0 Å². The summed E-state index contributed by atoms with van der Waals surface area (Å²) in [5.41, 5.74) is 8.17. The first-order valence-electron chi connectivity index (χ1n) is 6.85. The molecule has 0 aliphatic heterocycles. The minimum atomic E-state index is -0.774. The van der Waals surface area contributed by atoms with Crippen LogP contribution in [0.4, 0.5) is 4.39 Å². The van der Waals surface area contributed by atoms with Crippen LogP contribution in [-0.2, 0) is 0 Å². The summed E-state index contributed by atoms with van der Waals surface area (Å²) in [6, 6.07) is 11.8. The Morgan fingerprint density at radius 2 is 1.86 bits per heavy atom. The predicted molar refractivity (Wildman–Crippen MR) is 80.9 cm³/mol. The second kappa shape index (κ2) is 6.70. The molecule has 2 rings (SSSR count). The Hall–Kier alpha value is -1.91. The van der Waals surface area contributed by atoms with Gasteiger partial charge in [-0.05, 0) is 47.9 Å². The van der Waals surface area contributed by atoms with Crippen LogP contribution in [0.3, 0.4) is 0 Å². The second-order valence-corrected chi connectivity index (χ2v) is 5.06. The molecule has 0 bridgehead atoms. The van der Waals surface area contributed by atoms with Gasteiger partial charge < -0.3 is 15.6 Å². The van der Waals surface area contributed by atoms with E-state index in [1.54, 1.807) is 20.1 Å². The van der Waals surface area contributed by atoms with Crippen molar-refractivity contribution in [1.29, 1.82) is 0 Å². The molecule has 0 amide bonds. The first-order valence-corrected chi connectivity index (χ1v) is 6.85. The SMILES string of the molecule is COc1ccc(C(CN)C(O)c2ccc(F)cc2C)cc1. The number of hydrogen-bond donors (Lipinski definition) is 2. The number of halogens is 1. The van der Waals surface area contributed by atoms with Gasteiger partial charge in [-0.3, -0.25) is 0 Å². The Labute approximate surface area is 124 Å². The van der Waals surface area contributed by atoms with Crippen LogP contribution in [0.5, 0.6) is 5.75 Å². The van der Waals surface area contributed by atoms with Crippen molar-refractivity contribution in [2.45, 2.75) is 18.9 Å². The molecule has 2 aromatic rings. The maximum Gasteiger partial charge on any atom is 0.123 e. The van der Waals surface area contributed by atoms with E-state index in [1.807, 2.05) is 24.3 Å². The Bertz CT molecular complexity index is 598. The molecule has 0 saturated heterocycles. The zero-order chi connectivity index (χ0) is 15.4. The fourth-order valence-corrected chi connectivity index (χ4v) is 2.49. The number of ether oxygens (including phenoxy) is 1. The number of aryl methyl sites for hydroxylation is 1. The van der Waals surface area contributed by atoms with Crippen LogP contribution < -0.4 is 10.5 Å². The highest BCUT2D eigenvalue weighted by atomic mass is 19.1. The Morgan fingerprint density at radius 3 is 2.38 bits per heavy atom. The molecule has 0 saturated carbocycles. The summed E-state index contributed by atoms with van der Waals surface area (Å²) in [5, 5.41) is 10.6. The lowest BCUT2D eigenvalue weighted by molar-refractivity contribution is 0.146. The van der Waals surface area contributed by atoms with Gasteiger partial charge >= 0.3 is 0 Å². The first-order chi connectivity index (χ1) is 10.1. The van der Waals surface area contributed by atoms with Gasteiger partial charge in [-0.15, -0.1) is 0 Å². The summed E-state index contributed by atoms with van der Waals surface area (Å²) in [6.07, 6.45) is -0.774. The summed E-state index contributed by atoms with van der Waals surface area (Å²) < 4.78 is 18.3. The van der Waals surface area contributed by atoms with Crippen molar-refractivity contribution in [3.05, 3.63) is 65.0 Å². The van der Waals surface area contributed by atoms with Crippen molar-refractivity contribution in [3.8, 4) is 5.75 Å². The number of aliphatic hydroxyl groups is 1. The number of benzene rings is 2. The van der Waals surface area contributed by atoms with Gasteiger partial charge in [0.15, 0.2) is 0 Å². The zero-order valence-corrected chi connectivity index (χ0v) is 12.2. The Balaban J connectivity index is 2.30. The lowest BCUT2D eigenvalue weighted by Crippen LogP contribution is -2.20. The largest absolute Gasteiger partial charge is 0.497 e. The molecule has 0 spiro atoms. The van der Waals surface area contributed by atoms with Gasteiger partial charge in [0.1, 0.15) is 11.6 Å². The molecule has 3 nitrogen and oxygen atoms in total. The van der Waals surface area contributed by atoms with E-state index >= 15 is 0 Å². The molecule has 2 aromatic carbocycles. The third-order valence-corrected chi connectivity index (χ3v) is 3.73. The molecule has 2 unspecified atom stereocenters. The van der Waals surface area contributed by atoms with E-state index in [1.165, 1.54) is 12.1 Å². The number of rotatable bonds is 5. The van der Waals surface area contributed by atoms with E-state index in [0.717, 1.165) is 16.9 Å². The number of nitrogens with two attached hydrogens (primary N) is 1. The summed E-state index contributed by atoms with van der Waals surface area (Å²) in [4.78, 5) is 0. The lowest BCUT2D eigenvalue weighted by Gasteiger charge is -2.24. The fraction of sp³-hybridized carbons (Fsp3) is 0.294. The third-order valence-electron chi connectivity index (χ3n) is 3.73. The van der Waals surface area contributed by atoms with Gasteiger partial charge in [-0.25, -0.2) is 4.39 Å². The molecule has 3 N–H and O–H groups in total. The van der Waals surface area contributed by atoms with Crippen LogP contribution in [0.15, 0.2) is 42.5 Å². The van der Waals surface area contributed by atoms with E-state index < -0.39 is 6.10 Å². The maximum absolute atomic E-state index is 13.2. The summed E-state index contributed by atoms with van der Waals surface area (Å²) >= 11 is 0. The molecule has 4 heteroatoms. The molecule has 0 heterocycles. The number of aliphatic hydroxyl groups excluding tert-OH is 1. The molecule has 0 radical (unpaired) electrons. The molecular weight excluding hydrogens is 269 g/mol. The van der Waals surface area contributed by atoms with E-state index in [4.69, 9.17) is 10.5 Å². The van der Waals surface area contributed by atoms with Crippen LogP contribution in [0.1, 0.15) is 28.7 Å². The highest BCUT2D eigenvalue weighted by Gasteiger charge is 2.23. The summed E-state index contributed by atoms with van der Waals surface area (Å²) in [6.45, 7) is 2.08. The van der Waals surface area contributed by atoms with Gasteiger partial charge in [0.25, 0.3) is 0 Å². The van der Waals surface area contributed by atoms with Gasteiger partial charge in [0.2, 0.25) is 0 Å². The van der Waals surface area contributed by atoms with Gasteiger partial charge in [-0.2, -0.15) is 0 Å². The Kier molecular flexibility index (Phi) is 4.94. The number of methoxy groups -OCH3 is 1. The minimum Gasteiger partial charge on any atom is -0.497 e. The minimum absolute atomic E-state index is 0.250. The van der Waals surface area contributed by atoms with Crippen molar-refractivity contribution in [2.75, 3.05) is 13.7 Å². The quantitative estimate of drug-likeness (QED) is 0.890. The number of hydrogen-bond acceptors (Lipinski definition) is 3. The maximum atomic E-state index is 13.2. The fourth-order valence-electron chi connectivity index (χ4n) is 2.49. The van der Waals surface area contributed by atoms with Crippen molar-refractivity contribution in [3.63, 3.8) is 0 Å². The zero-order valence-electron chi connectivity index (χ0n) is 12.2. The normalized spacial score (nSPS) is 13.8. The molecule has 112 valence electrons. The average molecular weight is 289 g/mol.